The first-order valence-electron chi connectivity index (χ1n) is 9.81. The lowest BCUT2D eigenvalue weighted by Gasteiger charge is -2.31. The van der Waals surface area contributed by atoms with Gasteiger partial charge < -0.3 is 20.1 Å². The number of benzene rings is 1. The van der Waals surface area contributed by atoms with E-state index in [-0.39, 0.29) is 23.7 Å². The summed E-state index contributed by atoms with van der Waals surface area (Å²) in [5.74, 6) is 0.437. The molecule has 0 unspecified atom stereocenters. The molecular weight excluding hydrogens is 354 g/mol. The van der Waals surface area contributed by atoms with Crippen molar-refractivity contribution in [3.05, 3.63) is 48.0 Å². The van der Waals surface area contributed by atoms with Gasteiger partial charge in [0.2, 0.25) is 11.8 Å². The van der Waals surface area contributed by atoms with Gasteiger partial charge >= 0.3 is 0 Å². The monoisotopic (exact) mass is 383 g/mol. The van der Waals surface area contributed by atoms with Gasteiger partial charge in [0, 0.05) is 44.8 Å². The molecule has 0 bridgehead atoms. The van der Waals surface area contributed by atoms with Crippen LogP contribution in [0.2, 0.25) is 0 Å². The first kappa shape index (κ1) is 20.1. The minimum Gasteiger partial charge on any atom is -0.338 e. The standard InChI is InChI=1S/C21H29N5O2/c1-4-26-10-9-23-19(26)14-25(3)21(28)17-11-16(12-22-13-17)20(27)24-18-7-5-15(2)6-8-18/h5-10,16-17,22H,4,11-14H2,1-3H3,(H,24,27)/t16-,17+/m0/s1. The number of hydrogen-bond acceptors (Lipinski definition) is 4. The van der Waals surface area contributed by atoms with Gasteiger partial charge in [-0.25, -0.2) is 4.98 Å². The van der Waals surface area contributed by atoms with Crippen LogP contribution in [0.4, 0.5) is 5.69 Å². The van der Waals surface area contributed by atoms with Gasteiger partial charge in [-0.1, -0.05) is 17.7 Å². The molecule has 0 aliphatic carbocycles. The zero-order chi connectivity index (χ0) is 20.1. The van der Waals surface area contributed by atoms with E-state index in [1.54, 1.807) is 18.1 Å². The van der Waals surface area contributed by atoms with Crippen LogP contribution in [0.15, 0.2) is 36.7 Å². The Morgan fingerprint density at radius 1 is 1.25 bits per heavy atom. The second-order valence-corrected chi connectivity index (χ2v) is 7.47. The van der Waals surface area contributed by atoms with E-state index >= 15 is 0 Å². The average molecular weight is 383 g/mol. The summed E-state index contributed by atoms with van der Waals surface area (Å²) in [6.45, 7) is 6.54. The number of rotatable bonds is 6. The van der Waals surface area contributed by atoms with Gasteiger partial charge in [-0.3, -0.25) is 9.59 Å². The number of imidazole rings is 1. The van der Waals surface area contributed by atoms with Crippen molar-refractivity contribution < 1.29 is 9.59 Å². The average Bonchev–Trinajstić information content (AvgIpc) is 3.16. The van der Waals surface area contributed by atoms with Crippen LogP contribution in [0.3, 0.4) is 0 Å². The molecule has 1 aliphatic rings. The van der Waals surface area contributed by atoms with E-state index in [9.17, 15) is 9.59 Å². The molecule has 3 rings (SSSR count). The Balaban J connectivity index is 1.58. The molecule has 0 spiro atoms. The number of anilines is 1. The molecule has 7 heteroatoms. The quantitative estimate of drug-likeness (QED) is 0.800. The lowest BCUT2D eigenvalue weighted by molar-refractivity contribution is -0.136. The molecule has 2 heterocycles. The van der Waals surface area contributed by atoms with Crippen molar-refractivity contribution in [3.8, 4) is 0 Å². The van der Waals surface area contributed by atoms with Gasteiger partial charge in [-0.2, -0.15) is 0 Å². The zero-order valence-corrected chi connectivity index (χ0v) is 16.8. The number of nitrogens with zero attached hydrogens (tertiary/aromatic N) is 3. The highest BCUT2D eigenvalue weighted by Crippen LogP contribution is 2.21. The number of amides is 2. The van der Waals surface area contributed by atoms with E-state index in [1.807, 2.05) is 42.0 Å². The van der Waals surface area contributed by atoms with E-state index in [0.29, 0.717) is 26.1 Å². The van der Waals surface area contributed by atoms with Gasteiger partial charge in [0.15, 0.2) is 0 Å². The Morgan fingerprint density at radius 2 is 1.96 bits per heavy atom. The predicted molar refractivity (Wildman–Crippen MR) is 109 cm³/mol. The van der Waals surface area contributed by atoms with Crippen LogP contribution < -0.4 is 10.6 Å². The first-order valence-corrected chi connectivity index (χ1v) is 9.81. The molecular formula is C21H29N5O2. The molecule has 2 N–H and O–H groups in total. The maximum absolute atomic E-state index is 12.9. The first-order chi connectivity index (χ1) is 13.5. The highest BCUT2D eigenvalue weighted by molar-refractivity contribution is 5.93. The van der Waals surface area contributed by atoms with Gasteiger partial charge in [-0.15, -0.1) is 0 Å². The Morgan fingerprint density at radius 3 is 2.68 bits per heavy atom. The van der Waals surface area contributed by atoms with Crippen LogP contribution in [0.5, 0.6) is 0 Å². The number of piperidine rings is 1. The van der Waals surface area contributed by atoms with Gasteiger partial charge in [0.25, 0.3) is 0 Å². The Kier molecular flexibility index (Phi) is 6.46. The third-order valence-corrected chi connectivity index (χ3v) is 5.29. The smallest absolute Gasteiger partial charge is 0.228 e. The van der Waals surface area contributed by atoms with Crippen LogP contribution in [0.1, 0.15) is 24.7 Å². The van der Waals surface area contributed by atoms with Crippen molar-refractivity contribution in [2.75, 3.05) is 25.5 Å². The van der Waals surface area contributed by atoms with Crippen LogP contribution in [-0.2, 0) is 22.7 Å². The summed E-state index contributed by atoms with van der Waals surface area (Å²) in [6.07, 6.45) is 4.22. The van der Waals surface area contributed by atoms with Crippen LogP contribution in [0.25, 0.3) is 0 Å². The summed E-state index contributed by atoms with van der Waals surface area (Å²) in [4.78, 5) is 31.6. The molecule has 1 aromatic carbocycles. The Labute approximate surface area is 166 Å². The zero-order valence-electron chi connectivity index (χ0n) is 16.8. The van der Waals surface area contributed by atoms with E-state index in [2.05, 4.69) is 22.5 Å². The van der Waals surface area contributed by atoms with Gasteiger partial charge in [-0.05, 0) is 32.4 Å². The number of hydrogen-bond donors (Lipinski definition) is 2. The third kappa shape index (κ3) is 4.78. The molecule has 1 fully saturated rings. The number of carbonyl (C=O) groups is 2. The van der Waals surface area contributed by atoms with E-state index < -0.39 is 0 Å². The summed E-state index contributed by atoms with van der Waals surface area (Å²) < 4.78 is 2.03. The van der Waals surface area contributed by atoms with Crippen LogP contribution >= 0.6 is 0 Å². The molecule has 7 nitrogen and oxygen atoms in total. The van der Waals surface area contributed by atoms with E-state index in [0.717, 1.165) is 23.6 Å². The van der Waals surface area contributed by atoms with Crippen molar-refractivity contribution >= 4 is 17.5 Å². The van der Waals surface area contributed by atoms with Crippen molar-refractivity contribution in [1.82, 2.24) is 19.8 Å². The van der Waals surface area contributed by atoms with Gasteiger partial charge in [0.05, 0.1) is 18.4 Å². The SMILES string of the molecule is CCn1ccnc1CN(C)C(=O)[C@H]1CNC[C@@H](C(=O)Nc2ccc(C)cc2)C1. The maximum atomic E-state index is 12.9. The topological polar surface area (TPSA) is 79.3 Å². The largest absolute Gasteiger partial charge is 0.338 e. The van der Waals surface area contributed by atoms with Crippen LogP contribution in [0, 0.1) is 18.8 Å². The van der Waals surface area contributed by atoms with Crippen molar-refractivity contribution in [2.24, 2.45) is 11.8 Å². The molecule has 1 aliphatic heterocycles. The number of aryl methyl sites for hydroxylation is 2. The summed E-state index contributed by atoms with van der Waals surface area (Å²) in [5.41, 5.74) is 1.93. The predicted octanol–water partition coefficient (Wildman–Crippen LogP) is 2.03. The lowest BCUT2D eigenvalue weighted by atomic mass is 9.89. The molecule has 2 amide bonds. The fraction of sp³-hybridized carbons (Fsp3) is 0.476. The molecule has 1 aromatic heterocycles. The lowest BCUT2D eigenvalue weighted by Crippen LogP contribution is -2.47. The minimum atomic E-state index is -0.227. The Hall–Kier alpha value is -2.67. The second kappa shape index (κ2) is 9.01. The molecule has 0 saturated carbocycles. The molecule has 0 radical (unpaired) electrons. The number of nitrogens with one attached hydrogen (secondary N) is 2. The highest BCUT2D eigenvalue weighted by atomic mass is 16.2. The molecule has 150 valence electrons. The fourth-order valence-electron chi connectivity index (χ4n) is 3.59. The highest BCUT2D eigenvalue weighted by Gasteiger charge is 2.32. The Bertz CT molecular complexity index is 814. The van der Waals surface area contributed by atoms with E-state index in [4.69, 9.17) is 0 Å². The third-order valence-electron chi connectivity index (χ3n) is 5.29. The number of carbonyl (C=O) groups excluding carboxylic acids is 2. The maximum Gasteiger partial charge on any atom is 0.228 e. The summed E-state index contributed by atoms with van der Waals surface area (Å²) in [7, 11) is 1.80. The fourth-order valence-corrected chi connectivity index (χ4v) is 3.59. The second-order valence-electron chi connectivity index (χ2n) is 7.47. The molecule has 1 saturated heterocycles. The molecule has 2 aromatic rings. The van der Waals surface area contributed by atoms with Gasteiger partial charge in [0.1, 0.15) is 5.82 Å². The summed E-state index contributed by atoms with van der Waals surface area (Å²) in [5, 5.41) is 6.21. The normalized spacial score (nSPS) is 19.2. The molecule has 2 atom stereocenters. The van der Waals surface area contributed by atoms with Crippen molar-refractivity contribution in [3.63, 3.8) is 0 Å². The minimum absolute atomic E-state index is 0.0435. The summed E-state index contributed by atoms with van der Waals surface area (Å²) >= 11 is 0. The van der Waals surface area contributed by atoms with Crippen molar-refractivity contribution in [2.45, 2.75) is 33.4 Å². The van der Waals surface area contributed by atoms with Crippen molar-refractivity contribution in [1.29, 1.82) is 0 Å². The number of aromatic nitrogens is 2. The van der Waals surface area contributed by atoms with E-state index in [1.165, 1.54) is 0 Å². The summed E-state index contributed by atoms with van der Waals surface area (Å²) in [6, 6.07) is 7.73. The van der Waals surface area contributed by atoms with Crippen LogP contribution in [-0.4, -0.2) is 46.4 Å². The molecule has 28 heavy (non-hydrogen) atoms.